The van der Waals surface area contributed by atoms with Gasteiger partial charge >= 0.3 is 0 Å². The second kappa shape index (κ2) is 8.88. The summed E-state index contributed by atoms with van der Waals surface area (Å²) in [4.78, 5) is 16.1. The number of hydrogen-bond acceptors (Lipinski definition) is 5. The Morgan fingerprint density at radius 2 is 1.88 bits per heavy atom. The Kier molecular flexibility index (Phi) is 5.64. The van der Waals surface area contributed by atoms with Gasteiger partial charge in [0.25, 0.3) is 5.91 Å². The third-order valence-corrected chi connectivity index (χ3v) is 6.20. The molecule has 0 saturated heterocycles. The summed E-state index contributed by atoms with van der Waals surface area (Å²) in [7, 11) is 1.79. The standard InChI is InChI=1S/C25H23N3O3S/c1-27(15-19-17-30-21-10-5-6-11-22(21)31-19)25(29)20-16-28(14-18-8-3-2-4-9-18)26-24(20)23-12-7-13-32-23/h2-13,16,19H,14-15,17H2,1H3. The Labute approximate surface area is 190 Å². The lowest BCUT2D eigenvalue weighted by Crippen LogP contribution is -2.41. The predicted octanol–water partition coefficient (Wildman–Crippen LogP) is 4.57. The molecule has 1 unspecified atom stereocenters. The van der Waals surface area contributed by atoms with E-state index in [1.165, 1.54) is 0 Å². The molecule has 1 atom stereocenters. The molecule has 2 aromatic carbocycles. The molecule has 0 fully saturated rings. The van der Waals surface area contributed by atoms with Gasteiger partial charge in [0, 0.05) is 13.2 Å². The van der Waals surface area contributed by atoms with Crippen molar-refractivity contribution in [3.63, 3.8) is 0 Å². The number of amides is 1. The Hall–Kier alpha value is -3.58. The zero-order chi connectivity index (χ0) is 21.9. The van der Waals surface area contributed by atoms with Crippen LogP contribution < -0.4 is 9.47 Å². The van der Waals surface area contributed by atoms with Gasteiger partial charge in [-0.3, -0.25) is 9.48 Å². The molecule has 3 heterocycles. The Bertz CT molecular complexity index is 1200. The summed E-state index contributed by atoms with van der Waals surface area (Å²) in [6.07, 6.45) is 1.61. The fourth-order valence-electron chi connectivity index (χ4n) is 3.77. The summed E-state index contributed by atoms with van der Waals surface area (Å²) >= 11 is 1.58. The van der Waals surface area contributed by atoms with Gasteiger partial charge in [0.2, 0.25) is 0 Å². The zero-order valence-electron chi connectivity index (χ0n) is 17.7. The molecule has 1 aliphatic rings. The van der Waals surface area contributed by atoms with Crippen LogP contribution in [0.15, 0.2) is 78.3 Å². The van der Waals surface area contributed by atoms with E-state index in [-0.39, 0.29) is 12.0 Å². The maximum Gasteiger partial charge on any atom is 0.257 e. The normalized spacial score (nSPS) is 14.8. The summed E-state index contributed by atoms with van der Waals surface area (Å²) in [5, 5.41) is 6.75. The molecule has 0 saturated carbocycles. The number of fused-ring (bicyclic) bond motifs is 1. The maximum atomic E-state index is 13.4. The molecular formula is C25H23N3O3S. The van der Waals surface area contributed by atoms with Crippen molar-refractivity contribution in [3.05, 3.63) is 89.4 Å². The topological polar surface area (TPSA) is 56.6 Å². The van der Waals surface area contributed by atoms with E-state index in [4.69, 9.17) is 14.6 Å². The van der Waals surface area contributed by atoms with Gasteiger partial charge in [-0.05, 0) is 29.1 Å². The van der Waals surface area contributed by atoms with Crippen LogP contribution in [0.25, 0.3) is 10.6 Å². The molecule has 0 aliphatic carbocycles. The minimum Gasteiger partial charge on any atom is -0.486 e. The second-order valence-corrected chi connectivity index (χ2v) is 8.68. The number of aromatic nitrogens is 2. The molecule has 162 valence electrons. The highest BCUT2D eigenvalue weighted by Gasteiger charge is 2.27. The van der Waals surface area contributed by atoms with Gasteiger partial charge in [0.1, 0.15) is 12.3 Å². The van der Waals surface area contributed by atoms with Crippen LogP contribution in [-0.2, 0) is 6.54 Å². The van der Waals surface area contributed by atoms with Crippen molar-refractivity contribution in [2.45, 2.75) is 12.6 Å². The lowest BCUT2D eigenvalue weighted by molar-refractivity contribution is 0.0521. The van der Waals surface area contributed by atoms with Crippen molar-refractivity contribution in [3.8, 4) is 22.1 Å². The van der Waals surface area contributed by atoms with Crippen molar-refractivity contribution >= 4 is 17.2 Å². The van der Waals surface area contributed by atoms with E-state index in [9.17, 15) is 4.79 Å². The minimum absolute atomic E-state index is 0.0878. The molecule has 4 aromatic rings. The van der Waals surface area contributed by atoms with Gasteiger partial charge in [-0.2, -0.15) is 5.10 Å². The summed E-state index contributed by atoms with van der Waals surface area (Å²) in [6.45, 7) is 1.42. The van der Waals surface area contributed by atoms with Gasteiger partial charge in [0.05, 0.1) is 23.5 Å². The first-order valence-corrected chi connectivity index (χ1v) is 11.3. The quantitative estimate of drug-likeness (QED) is 0.436. The first-order valence-electron chi connectivity index (χ1n) is 10.5. The summed E-state index contributed by atoms with van der Waals surface area (Å²) < 4.78 is 13.7. The summed E-state index contributed by atoms with van der Waals surface area (Å²) in [5.74, 6) is 1.36. The molecule has 2 aromatic heterocycles. The number of ether oxygens (including phenoxy) is 2. The van der Waals surface area contributed by atoms with Crippen LogP contribution in [0, 0.1) is 0 Å². The van der Waals surface area contributed by atoms with Crippen LogP contribution >= 0.6 is 11.3 Å². The van der Waals surface area contributed by atoms with E-state index in [1.807, 2.05) is 70.9 Å². The number of likely N-dealkylation sites (N-methyl/N-ethyl adjacent to an activating group) is 1. The third-order valence-electron chi connectivity index (χ3n) is 5.33. The average Bonchev–Trinajstić information content (AvgIpc) is 3.49. The van der Waals surface area contributed by atoms with Crippen LogP contribution in [0.2, 0.25) is 0 Å². The number of nitrogens with zero attached hydrogens (tertiary/aromatic N) is 3. The second-order valence-electron chi connectivity index (χ2n) is 7.74. The molecule has 0 radical (unpaired) electrons. The molecule has 6 nitrogen and oxygen atoms in total. The molecule has 5 rings (SSSR count). The highest BCUT2D eigenvalue weighted by Crippen LogP contribution is 2.31. The van der Waals surface area contributed by atoms with Crippen LogP contribution in [0.4, 0.5) is 0 Å². The first kappa shape index (κ1) is 20.3. The van der Waals surface area contributed by atoms with Crippen LogP contribution in [0.3, 0.4) is 0 Å². The number of carbonyl (C=O) groups is 1. The van der Waals surface area contributed by atoms with E-state index < -0.39 is 0 Å². The average molecular weight is 446 g/mol. The van der Waals surface area contributed by atoms with Gasteiger partial charge in [-0.1, -0.05) is 48.5 Å². The Morgan fingerprint density at radius 1 is 1.09 bits per heavy atom. The number of hydrogen-bond donors (Lipinski definition) is 0. The maximum absolute atomic E-state index is 13.4. The predicted molar refractivity (Wildman–Crippen MR) is 124 cm³/mol. The summed E-state index contributed by atoms with van der Waals surface area (Å²) in [6, 6.07) is 21.7. The fourth-order valence-corrected chi connectivity index (χ4v) is 4.49. The monoisotopic (exact) mass is 445 g/mol. The fraction of sp³-hybridized carbons (Fsp3) is 0.200. The smallest absolute Gasteiger partial charge is 0.257 e. The van der Waals surface area contributed by atoms with E-state index in [0.29, 0.717) is 36.7 Å². The van der Waals surface area contributed by atoms with Gasteiger partial charge < -0.3 is 14.4 Å². The van der Waals surface area contributed by atoms with Crippen molar-refractivity contribution in [2.75, 3.05) is 20.2 Å². The van der Waals surface area contributed by atoms with Crippen molar-refractivity contribution < 1.29 is 14.3 Å². The lowest BCUT2D eigenvalue weighted by Gasteiger charge is -2.29. The van der Waals surface area contributed by atoms with E-state index >= 15 is 0 Å². The van der Waals surface area contributed by atoms with Gasteiger partial charge in [-0.15, -0.1) is 11.3 Å². The molecule has 0 N–H and O–H groups in total. The van der Waals surface area contributed by atoms with Gasteiger partial charge in [-0.25, -0.2) is 0 Å². The zero-order valence-corrected chi connectivity index (χ0v) is 18.5. The lowest BCUT2D eigenvalue weighted by atomic mass is 10.2. The minimum atomic E-state index is -0.233. The van der Waals surface area contributed by atoms with Crippen molar-refractivity contribution in [1.82, 2.24) is 14.7 Å². The third kappa shape index (κ3) is 4.24. The van der Waals surface area contributed by atoms with Crippen LogP contribution in [0.1, 0.15) is 15.9 Å². The molecule has 1 amide bonds. The Morgan fingerprint density at radius 3 is 2.66 bits per heavy atom. The number of para-hydroxylation sites is 2. The SMILES string of the molecule is CN(CC1COc2ccccc2O1)C(=O)c1cn(Cc2ccccc2)nc1-c1cccs1. The van der Waals surface area contributed by atoms with Gasteiger partial charge in [0.15, 0.2) is 17.6 Å². The number of carbonyl (C=O) groups excluding carboxylic acids is 1. The Balaban J connectivity index is 1.36. The first-order chi connectivity index (χ1) is 15.7. The van der Waals surface area contributed by atoms with Crippen LogP contribution in [0.5, 0.6) is 11.5 Å². The van der Waals surface area contributed by atoms with Crippen molar-refractivity contribution in [2.24, 2.45) is 0 Å². The van der Waals surface area contributed by atoms with E-state index in [0.717, 1.165) is 16.2 Å². The number of thiophene rings is 1. The molecule has 0 bridgehead atoms. The number of rotatable bonds is 6. The molecular weight excluding hydrogens is 422 g/mol. The molecule has 1 aliphatic heterocycles. The molecule has 7 heteroatoms. The van der Waals surface area contributed by atoms with Crippen LogP contribution in [-0.4, -0.2) is 46.9 Å². The largest absolute Gasteiger partial charge is 0.486 e. The molecule has 0 spiro atoms. The van der Waals surface area contributed by atoms with E-state index in [1.54, 1.807) is 23.3 Å². The highest BCUT2D eigenvalue weighted by molar-refractivity contribution is 7.13. The summed E-state index contributed by atoms with van der Waals surface area (Å²) in [5.41, 5.74) is 2.42. The van der Waals surface area contributed by atoms with E-state index in [2.05, 4.69) is 12.1 Å². The highest BCUT2D eigenvalue weighted by atomic mass is 32.1. The molecule has 32 heavy (non-hydrogen) atoms. The number of benzene rings is 2. The van der Waals surface area contributed by atoms with Crippen molar-refractivity contribution in [1.29, 1.82) is 0 Å².